The monoisotopic (exact) mass is 182 g/mol. The van der Waals surface area contributed by atoms with E-state index in [1.165, 1.54) is 12.0 Å². The van der Waals surface area contributed by atoms with Gasteiger partial charge in [0, 0.05) is 0 Å². The van der Waals surface area contributed by atoms with Crippen LogP contribution in [-0.4, -0.2) is 5.11 Å². The van der Waals surface area contributed by atoms with Gasteiger partial charge in [0.1, 0.15) is 0 Å². The van der Waals surface area contributed by atoms with Gasteiger partial charge in [-0.1, -0.05) is 27.7 Å². The van der Waals surface area contributed by atoms with Crippen LogP contribution in [0.15, 0.2) is 11.3 Å². The average molecular weight is 182 g/mol. The van der Waals surface area contributed by atoms with Gasteiger partial charge in [-0.05, 0) is 42.6 Å². The summed E-state index contributed by atoms with van der Waals surface area (Å²) in [5.74, 6) is 0.542. The Morgan fingerprint density at radius 2 is 1.46 bits per heavy atom. The number of hydrogen-bond donors (Lipinski definition) is 1. The fourth-order valence-electron chi connectivity index (χ4n) is 2.89. The maximum absolute atomic E-state index is 9.52. The molecular formula is C12H22O. The molecular weight excluding hydrogens is 160 g/mol. The SMILES string of the molecule is CC(O)=C1CC(C)(C)CC(C)(C)C1. The van der Waals surface area contributed by atoms with Crippen molar-refractivity contribution >= 4 is 0 Å². The third-order valence-electron chi connectivity index (χ3n) is 2.85. The van der Waals surface area contributed by atoms with Crippen LogP contribution in [0.4, 0.5) is 0 Å². The molecule has 0 aromatic rings. The molecule has 1 nitrogen and oxygen atoms in total. The first-order chi connectivity index (χ1) is 5.72. The van der Waals surface area contributed by atoms with Gasteiger partial charge in [0.2, 0.25) is 0 Å². The molecule has 1 heteroatoms. The molecule has 0 heterocycles. The molecule has 0 aliphatic heterocycles. The molecule has 0 aromatic heterocycles. The summed E-state index contributed by atoms with van der Waals surface area (Å²) in [6.07, 6.45) is 3.36. The van der Waals surface area contributed by atoms with Gasteiger partial charge in [0.05, 0.1) is 5.76 Å². The highest BCUT2D eigenvalue weighted by Gasteiger charge is 2.36. The van der Waals surface area contributed by atoms with E-state index in [9.17, 15) is 5.11 Å². The summed E-state index contributed by atoms with van der Waals surface area (Å²) in [4.78, 5) is 0. The Hall–Kier alpha value is -0.460. The van der Waals surface area contributed by atoms with Crippen LogP contribution in [0.5, 0.6) is 0 Å². The lowest BCUT2D eigenvalue weighted by Crippen LogP contribution is -2.30. The fourth-order valence-corrected chi connectivity index (χ4v) is 2.89. The van der Waals surface area contributed by atoms with Gasteiger partial charge in [-0.3, -0.25) is 0 Å². The summed E-state index contributed by atoms with van der Waals surface area (Å²) in [7, 11) is 0. The Labute approximate surface area is 81.9 Å². The molecule has 0 unspecified atom stereocenters. The summed E-state index contributed by atoms with van der Waals surface area (Å²) in [5.41, 5.74) is 1.95. The maximum atomic E-state index is 9.52. The maximum Gasteiger partial charge on any atom is 0.0884 e. The van der Waals surface area contributed by atoms with Gasteiger partial charge in [-0.25, -0.2) is 0 Å². The molecule has 1 aliphatic carbocycles. The molecule has 1 N–H and O–H groups in total. The molecule has 0 spiro atoms. The highest BCUT2D eigenvalue weighted by Crippen LogP contribution is 2.48. The first kappa shape index (κ1) is 10.6. The topological polar surface area (TPSA) is 20.2 Å². The highest BCUT2D eigenvalue weighted by molar-refractivity contribution is 5.14. The molecule has 0 amide bonds. The van der Waals surface area contributed by atoms with Crippen LogP contribution in [-0.2, 0) is 0 Å². The minimum atomic E-state index is 0.348. The van der Waals surface area contributed by atoms with E-state index in [2.05, 4.69) is 27.7 Å². The largest absolute Gasteiger partial charge is 0.513 e. The summed E-state index contributed by atoms with van der Waals surface area (Å²) >= 11 is 0. The van der Waals surface area contributed by atoms with E-state index in [0.29, 0.717) is 16.6 Å². The Morgan fingerprint density at radius 3 is 1.77 bits per heavy atom. The fraction of sp³-hybridized carbons (Fsp3) is 0.833. The lowest BCUT2D eigenvalue weighted by atomic mass is 9.63. The van der Waals surface area contributed by atoms with Gasteiger partial charge in [0.15, 0.2) is 0 Å². The standard InChI is InChI=1S/C12H22O/c1-9(13)10-6-11(2,3)8-12(4,5)7-10/h13H,6-8H2,1-5H3. The van der Waals surface area contributed by atoms with Crippen LogP contribution in [0.1, 0.15) is 53.9 Å². The quantitative estimate of drug-likeness (QED) is 0.560. The summed E-state index contributed by atoms with van der Waals surface area (Å²) in [5, 5.41) is 9.52. The molecule has 1 fully saturated rings. The second-order valence-electron chi connectivity index (χ2n) is 6.05. The van der Waals surface area contributed by atoms with Crippen molar-refractivity contribution in [3.63, 3.8) is 0 Å². The molecule has 0 saturated heterocycles. The van der Waals surface area contributed by atoms with Crippen molar-refractivity contribution < 1.29 is 5.11 Å². The van der Waals surface area contributed by atoms with Crippen molar-refractivity contribution in [2.45, 2.75) is 53.9 Å². The van der Waals surface area contributed by atoms with Crippen LogP contribution in [0.2, 0.25) is 0 Å². The van der Waals surface area contributed by atoms with Crippen molar-refractivity contribution in [1.82, 2.24) is 0 Å². The molecule has 13 heavy (non-hydrogen) atoms. The third-order valence-corrected chi connectivity index (χ3v) is 2.85. The number of aliphatic hydroxyl groups is 1. The minimum absolute atomic E-state index is 0.348. The summed E-state index contributed by atoms with van der Waals surface area (Å²) < 4.78 is 0. The van der Waals surface area contributed by atoms with Crippen LogP contribution < -0.4 is 0 Å². The van der Waals surface area contributed by atoms with E-state index in [0.717, 1.165) is 12.8 Å². The first-order valence-electron chi connectivity index (χ1n) is 5.09. The van der Waals surface area contributed by atoms with E-state index >= 15 is 0 Å². The highest BCUT2D eigenvalue weighted by atomic mass is 16.3. The van der Waals surface area contributed by atoms with Crippen molar-refractivity contribution in [2.24, 2.45) is 10.8 Å². The minimum Gasteiger partial charge on any atom is -0.513 e. The van der Waals surface area contributed by atoms with Crippen molar-refractivity contribution in [1.29, 1.82) is 0 Å². The Balaban J connectivity index is 2.91. The van der Waals surface area contributed by atoms with Gasteiger partial charge in [-0.2, -0.15) is 0 Å². The zero-order valence-corrected chi connectivity index (χ0v) is 9.57. The Bertz CT molecular complexity index is 212. The van der Waals surface area contributed by atoms with Crippen molar-refractivity contribution in [2.75, 3.05) is 0 Å². The second-order valence-corrected chi connectivity index (χ2v) is 6.05. The van der Waals surface area contributed by atoms with E-state index in [-0.39, 0.29) is 0 Å². The average Bonchev–Trinajstić information content (AvgIpc) is 1.79. The number of allylic oxidation sites excluding steroid dienone is 2. The van der Waals surface area contributed by atoms with Gasteiger partial charge in [-0.15, -0.1) is 0 Å². The van der Waals surface area contributed by atoms with Crippen LogP contribution >= 0.6 is 0 Å². The predicted molar refractivity (Wildman–Crippen MR) is 56.7 cm³/mol. The molecule has 1 saturated carbocycles. The number of rotatable bonds is 0. The lowest BCUT2D eigenvalue weighted by molar-refractivity contribution is 0.148. The van der Waals surface area contributed by atoms with E-state index in [1.54, 1.807) is 0 Å². The Morgan fingerprint density at radius 1 is 1.08 bits per heavy atom. The van der Waals surface area contributed by atoms with Crippen molar-refractivity contribution in [3.8, 4) is 0 Å². The Kier molecular flexibility index (Phi) is 2.48. The van der Waals surface area contributed by atoms with E-state index in [1.807, 2.05) is 6.92 Å². The molecule has 0 radical (unpaired) electrons. The van der Waals surface area contributed by atoms with E-state index < -0.39 is 0 Å². The van der Waals surface area contributed by atoms with Crippen molar-refractivity contribution in [3.05, 3.63) is 11.3 Å². The normalized spacial score (nSPS) is 25.8. The van der Waals surface area contributed by atoms with Crippen LogP contribution in [0.3, 0.4) is 0 Å². The molecule has 1 rings (SSSR count). The predicted octanol–water partition coefficient (Wildman–Crippen LogP) is 4.05. The molecule has 0 bridgehead atoms. The van der Waals surface area contributed by atoms with Crippen LogP contribution in [0, 0.1) is 10.8 Å². The summed E-state index contributed by atoms with van der Waals surface area (Å²) in [6.45, 7) is 11.0. The lowest BCUT2D eigenvalue weighted by Gasteiger charge is -2.42. The molecule has 76 valence electrons. The number of aliphatic hydroxyl groups excluding tert-OH is 1. The van der Waals surface area contributed by atoms with Gasteiger partial charge >= 0.3 is 0 Å². The smallest absolute Gasteiger partial charge is 0.0884 e. The zero-order valence-electron chi connectivity index (χ0n) is 9.57. The van der Waals surface area contributed by atoms with Gasteiger partial charge < -0.3 is 5.11 Å². The zero-order chi connectivity index (χ0) is 10.3. The van der Waals surface area contributed by atoms with E-state index in [4.69, 9.17) is 0 Å². The first-order valence-corrected chi connectivity index (χ1v) is 5.09. The van der Waals surface area contributed by atoms with Gasteiger partial charge in [0.25, 0.3) is 0 Å². The number of hydrogen-bond acceptors (Lipinski definition) is 1. The van der Waals surface area contributed by atoms with Crippen LogP contribution in [0.25, 0.3) is 0 Å². The summed E-state index contributed by atoms with van der Waals surface area (Å²) in [6, 6.07) is 0. The molecule has 0 aromatic carbocycles. The third kappa shape index (κ3) is 2.75. The second kappa shape index (κ2) is 3.04. The molecule has 0 atom stereocenters. The molecule has 1 aliphatic rings.